The van der Waals surface area contributed by atoms with E-state index in [2.05, 4.69) is 20.8 Å². The van der Waals surface area contributed by atoms with Gasteiger partial charge in [0.15, 0.2) is 5.82 Å². The van der Waals surface area contributed by atoms with Crippen molar-refractivity contribution in [3.8, 4) is 0 Å². The fourth-order valence-electron chi connectivity index (χ4n) is 1.36. The van der Waals surface area contributed by atoms with Crippen LogP contribution in [0.25, 0.3) is 0 Å². The van der Waals surface area contributed by atoms with Crippen LogP contribution in [0, 0.1) is 12.7 Å². The molecule has 0 unspecified atom stereocenters. The zero-order valence-corrected chi connectivity index (χ0v) is 9.62. The van der Waals surface area contributed by atoms with Crippen LogP contribution < -0.4 is 16.4 Å². The molecule has 0 saturated carbocycles. The number of aryl methyl sites for hydroxylation is 1. The van der Waals surface area contributed by atoms with Crippen molar-refractivity contribution < 1.29 is 9.18 Å². The summed E-state index contributed by atoms with van der Waals surface area (Å²) in [6, 6.07) is 5.24. The lowest BCUT2D eigenvalue weighted by molar-refractivity contribution is 0.262. The fourth-order valence-corrected chi connectivity index (χ4v) is 1.36. The average Bonchev–Trinajstić information content (AvgIpc) is 2.64. The van der Waals surface area contributed by atoms with E-state index in [4.69, 9.17) is 5.73 Å². The van der Waals surface area contributed by atoms with Crippen LogP contribution in [0.2, 0.25) is 0 Å². The van der Waals surface area contributed by atoms with E-state index in [0.717, 1.165) is 0 Å². The fraction of sp³-hybridized carbons (Fsp3) is 0.0909. The monoisotopic (exact) mass is 249 g/mol. The van der Waals surface area contributed by atoms with E-state index in [9.17, 15) is 9.18 Å². The van der Waals surface area contributed by atoms with Gasteiger partial charge in [-0.1, -0.05) is 12.1 Å². The number of H-pyrrole nitrogens is 1. The van der Waals surface area contributed by atoms with E-state index in [1.54, 1.807) is 13.0 Å². The summed E-state index contributed by atoms with van der Waals surface area (Å²) in [6.45, 7) is 1.72. The van der Waals surface area contributed by atoms with Crippen molar-refractivity contribution >= 4 is 23.2 Å². The van der Waals surface area contributed by atoms with Gasteiger partial charge in [-0.3, -0.25) is 10.4 Å². The van der Waals surface area contributed by atoms with E-state index in [1.807, 2.05) is 0 Å². The van der Waals surface area contributed by atoms with Gasteiger partial charge >= 0.3 is 6.03 Å². The van der Waals surface area contributed by atoms with Gasteiger partial charge < -0.3 is 11.1 Å². The van der Waals surface area contributed by atoms with Crippen molar-refractivity contribution in [2.75, 3.05) is 16.4 Å². The first-order chi connectivity index (χ1) is 8.58. The van der Waals surface area contributed by atoms with Gasteiger partial charge in [-0.25, -0.2) is 9.18 Å². The van der Waals surface area contributed by atoms with E-state index < -0.39 is 11.8 Å². The number of carbonyl (C=O) groups excluding carboxylic acids is 1. The molecule has 2 amide bonds. The summed E-state index contributed by atoms with van der Waals surface area (Å²) in [4.78, 5) is 11.6. The number of carbonyl (C=O) groups is 1. The molecule has 6 nitrogen and oxygen atoms in total. The first-order valence-corrected chi connectivity index (χ1v) is 5.21. The van der Waals surface area contributed by atoms with Gasteiger partial charge in [0.1, 0.15) is 5.82 Å². The number of amides is 2. The number of rotatable bonds is 2. The SMILES string of the molecule is Cc1[nH]nc(NC(=O)Nc2ccccc2F)c1N. The number of anilines is 3. The number of nitrogen functional groups attached to an aromatic ring is 1. The number of urea groups is 1. The summed E-state index contributed by atoms with van der Waals surface area (Å²) in [6.07, 6.45) is 0. The second kappa shape index (κ2) is 4.74. The molecule has 1 aromatic heterocycles. The summed E-state index contributed by atoms with van der Waals surface area (Å²) in [7, 11) is 0. The number of nitrogens with zero attached hydrogens (tertiary/aromatic N) is 1. The molecule has 0 fully saturated rings. The van der Waals surface area contributed by atoms with Gasteiger partial charge in [0.25, 0.3) is 0 Å². The molecule has 0 radical (unpaired) electrons. The zero-order chi connectivity index (χ0) is 13.1. The Kier molecular flexibility index (Phi) is 3.13. The quantitative estimate of drug-likeness (QED) is 0.656. The van der Waals surface area contributed by atoms with Crippen LogP contribution in [0.1, 0.15) is 5.69 Å². The summed E-state index contributed by atoms with van der Waals surface area (Å²) >= 11 is 0. The molecular formula is C11H12FN5O. The van der Waals surface area contributed by atoms with Gasteiger partial charge in [-0.2, -0.15) is 5.10 Å². The van der Waals surface area contributed by atoms with Crippen LogP contribution in [-0.4, -0.2) is 16.2 Å². The Labute approximate surface area is 102 Å². The molecule has 94 valence electrons. The number of nitrogens with one attached hydrogen (secondary N) is 3. The number of aromatic nitrogens is 2. The molecule has 2 rings (SSSR count). The van der Waals surface area contributed by atoms with Crippen LogP contribution in [-0.2, 0) is 0 Å². The number of hydrogen-bond acceptors (Lipinski definition) is 3. The second-order valence-electron chi connectivity index (χ2n) is 3.67. The molecule has 0 saturated heterocycles. The summed E-state index contributed by atoms with van der Waals surface area (Å²) in [5.41, 5.74) is 6.74. The lowest BCUT2D eigenvalue weighted by atomic mass is 10.3. The van der Waals surface area contributed by atoms with Crippen LogP contribution in [0.3, 0.4) is 0 Å². The molecule has 18 heavy (non-hydrogen) atoms. The first-order valence-electron chi connectivity index (χ1n) is 5.21. The minimum atomic E-state index is -0.613. The normalized spacial score (nSPS) is 10.1. The first kappa shape index (κ1) is 11.9. The number of benzene rings is 1. The van der Waals surface area contributed by atoms with E-state index in [-0.39, 0.29) is 11.5 Å². The summed E-state index contributed by atoms with van der Waals surface area (Å²) in [5, 5.41) is 11.2. The summed E-state index contributed by atoms with van der Waals surface area (Å²) in [5.74, 6) is -0.305. The maximum Gasteiger partial charge on any atom is 0.325 e. The lowest BCUT2D eigenvalue weighted by Crippen LogP contribution is -2.20. The van der Waals surface area contributed by atoms with Crippen molar-refractivity contribution in [1.82, 2.24) is 10.2 Å². The van der Waals surface area contributed by atoms with Gasteiger partial charge in [-0.05, 0) is 19.1 Å². The maximum atomic E-state index is 13.3. The molecule has 2 aromatic rings. The molecular weight excluding hydrogens is 237 g/mol. The Morgan fingerprint density at radius 3 is 2.72 bits per heavy atom. The van der Waals surface area contributed by atoms with Crippen LogP contribution in [0.4, 0.5) is 26.4 Å². The van der Waals surface area contributed by atoms with Crippen molar-refractivity contribution in [3.63, 3.8) is 0 Å². The van der Waals surface area contributed by atoms with Crippen molar-refractivity contribution in [3.05, 3.63) is 35.8 Å². The van der Waals surface area contributed by atoms with Gasteiger partial charge in [0, 0.05) is 0 Å². The van der Waals surface area contributed by atoms with Crippen molar-refractivity contribution in [2.45, 2.75) is 6.92 Å². The van der Waals surface area contributed by atoms with Crippen molar-refractivity contribution in [1.29, 1.82) is 0 Å². The Morgan fingerprint density at radius 2 is 2.11 bits per heavy atom. The third-order valence-electron chi connectivity index (χ3n) is 2.35. The third-order valence-corrected chi connectivity index (χ3v) is 2.35. The topological polar surface area (TPSA) is 95.8 Å². The lowest BCUT2D eigenvalue weighted by Gasteiger charge is -2.06. The molecule has 0 aliphatic rings. The predicted octanol–water partition coefficient (Wildman–Crippen LogP) is 2.08. The van der Waals surface area contributed by atoms with Crippen molar-refractivity contribution in [2.24, 2.45) is 0 Å². The van der Waals surface area contributed by atoms with Crippen LogP contribution in [0.15, 0.2) is 24.3 Å². The summed E-state index contributed by atoms with van der Waals surface area (Å²) < 4.78 is 13.3. The number of hydrogen-bond donors (Lipinski definition) is 4. The van der Waals surface area contributed by atoms with Crippen LogP contribution in [0.5, 0.6) is 0 Å². The number of para-hydroxylation sites is 1. The minimum Gasteiger partial charge on any atom is -0.394 e. The molecule has 1 heterocycles. The maximum absolute atomic E-state index is 13.3. The molecule has 0 spiro atoms. The predicted molar refractivity (Wildman–Crippen MR) is 66.8 cm³/mol. The van der Waals surface area contributed by atoms with Crippen LogP contribution >= 0.6 is 0 Å². The Bertz CT molecular complexity index is 581. The Hall–Kier alpha value is -2.57. The van der Waals surface area contributed by atoms with Gasteiger partial charge in [-0.15, -0.1) is 0 Å². The highest BCUT2D eigenvalue weighted by Gasteiger charge is 2.11. The molecule has 7 heteroatoms. The van der Waals surface area contributed by atoms with Gasteiger partial charge in [0.05, 0.1) is 17.1 Å². The highest BCUT2D eigenvalue weighted by atomic mass is 19.1. The Balaban J connectivity index is 2.06. The number of aromatic amines is 1. The van der Waals surface area contributed by atoms with E-state index in [1.165, 1.54) is 18.2 Å². The molecule has 5 N–H and O–H groups in total. The highest BCUT2D eigenvalue weighted by molar-refractivity contribution is 6.00. The molecule has 1 aromatic carbocycles. The number of nitrogens with two attached hydrogens (primary N) is 1. The van der Waals surface area contributed by atoms with Gasteiger partial charge in [0.2, 0.25) is 0 Å². The largest absolute Gasteiger partial charge is 0.394 e. The zero-order valence-electron chi connectivity index (χ0n) is 9.62. The number of halogens is 1. The average molecular weight is 249 g/mol. The smallest absolute Gasteiger partial charge is 0.325 e. The molecule has 0 aliphatic heterocycles. The highest BCUT2D eigenvalue weighted by Crippen LogP contribution is 2.18. The molecule has 0 aliphatic carbocycles. The van der Waals surface area contributed by atoms with E-state index >= 15 is 0 Å². The second-order valence-corrected chi connectivity index (χ2v) is 3.67. The Morgan fingerprint density at radius 1 is 1.39 bits per heavy atom. The van der Waals surface area contributed by atoms with E-state index in [0.29, 0.717) is 11.4 Å². The molecule has 0 atom stereocenters. The molecule has 0 bridgehead atoms. The minimum absolute atomic E-state index is 0.0841. The standard InChI is InChI=1S/C11H12FN5O/c1-6-9(13)10(17-16-6)15-11(18)14-8-5-3-2-4-7(8)12/h2-5H,13H2,1H3,(H3,14,15,16,17,18). The third kappa shape index (κ3) is 2.40.